The zero-order valence-electron chi connectivity index (χ0n) is 11.3. The zero-order valence-corrected chi connectivity index (χ0v) is 11.3. The van der Waals surface area contributed by atoms with E-state index in [2.05, 4.69) is 5.32 Å². The highest BCUT2D eigenvalue weighted by molar-refractivity contribution is 5.89. The highest BCUT2D eigenvalue weighted by Crippen LogP contribution is 2.14. The summed E-state index contributed by atoms with van der Waals surface area (Å²) in [6.45, 7) is 1.93. The molecule has 6 heteroatoms. The summed E-state index contributed by atoms with van der Waals surface area (Å²) >= 11 is 0. The molecule has 1 unspecified atom stereocenters. The first-order valence-electron chi connectivity index (χ1n) is 5.89. The van der Waals surface area contributed by atoms with E-state index in [1.165, 1.54) is 24.1 Å². The van der Waals surface area contributed by atoms with Gasteiger partial charge < -0.3 is 20.1 Å². The Morgan fingerprint density at radius 1 is 1.58 bits per heavy atom. The molecular weight excluding hydrogens is 251 g/mol. The molecule has 5 nitrogen and oxygen atoms in total. The zero-order chi connectivity index (χ0) is 14.4. The minimum Gasteiger partial charge on any atom is -0.389 e. The van der Waals surface area contributed by atoms with Crippen molar-refractivity contribution in [2.45, 2.75) is 13.0 Å². The minimum absolute atomic E-state index is 0.153. The lowest BCUT2D eigenvalue weighted by molar-refractivity contribution is 0.0501. The molecule has 0 aliphatic heterocycles. The molecule has 0 radical (unpaired) electrons. The van der Waals surface area contributed by atoms with E-state index in [1.807, 2.05) is 0 Å². The molecular formula is C13H19FN2O3. The first kappa shape index (κ1) is 15.4. The fourth-order valence-electron chi connectivity index (χ4n) is 1.59. The predicted molar refractivity (Wildman–Crippen MR) is 70.7 cm³/mol. The van der Waals surface area contributed by atoms with Crippen molar-refractivity contribution in [1.82, 2.24) is 4.90 Å². The third kappa shape index (κ3) is 4.84. The SMILES string of the molecule is COCC(O)CN(C)C(=O)Nc1ccc(F)c(C)c1. The number of urea groups is 1. The number of hydrogen-bond acceptors (Lipinski definition) is 3. The van der Waals surface area contributed by atoms with Crippen LogP contribution in [0.25, 0.3) is 0 Å². The summed E-state index contributed by atoms with van der Waals surface area (Å²) in [7, 11) is 3.04. The van der Waals surface area contributed by atoms with Crippen molar-refractivity contribution < 1.29 is 19.0 Å². The number of halogens is 1. The maximum Gasteiger partial charge on any atom is 0.321 e. The van der Waals surface area contributed by atoms with Crippen molar-refractivity contribution in [3.05, 3.63) is 29.6 Å². The summed E-state index contributed by atoms with van der Waals surface area (Å²) in [5.41, 5.74) is 0.969. The molecule has 0 spiro atoms. The molecule has 0 aliphatic rings. The number of methoxy groups -OCH3 is 1. The monoisotopic (exact) mass is 270 g/mol. The molecule has 0 heterocycles. The van der Waals surface area contributed by atoms with Crippen LogP contribution in [0.1, 0.15) is 5.56 Å². The lowest BCUT2D eigenvalue weighted by Gasteiger charge is -2.21. The van der Waals surface area contributed by atoms with Gasteiger partial charge in [-0.25, -0.2) is 9.18 Å². The van der Waals surface area contributed by atoms with Crippen molar-refractivity contribution in [2.75, 3.05) is 32.6 Å². The van der Waals surface area contributed by atoms with Crippen molar-refractivity contribution in [3.8, 4) is 0 Å². The standard InChI is InChI=1S/C13H19FN2O3/c1-9-6-10(4-5-12(9)14)15-13(18)16(2)7-11(17)8-19-3/h4-6,11,17H,7-8H2,1-3H3,(H,15,18). The Morgan fingerprint density at radius 2 is 2.26 bits per heavy atom. The van der Waals surface area contributed by atoms with Gasteiger partial charge in [0.05, 0.1) is 19.3 Å². The third-order valence-corrected chi connectivity index (χ3v) is 2.60. The lowest BCUT2D eigenvalue weighted by atomic mass is 10.2. The minimum atomic E-state index is -0.740. The average molecular weight is 270 g/mol. The first-order valence-corrected chi connectivity index (χ1v) is 5.89. The van der Waals surface area contributed by atoms with Crippen LogP contribution in [0.4, 0.5) is 14.9 Å². The highest BCUT2D eigenvalue weighted by Gasteiger charge is 2.13. The van der Waals surface area contributed by atoms with Crippen LogP contribution < -0.4 is 5.32 Å². The first-order chi connectivity index (χ1) is 8.93. The topological polar surface area (TPSA) is 61.8 Å². The quantitative estimate of drug-likeness (QED) is 0.854. The molecule has 0 fully saturated rings. The van der Waals surface area contributed by atoms with Crippen molar-refractivity contribution in [1.29, 1.82) is 0 Å². The number of amides is 2. The smallest absolute Gasteiger partial charge is 0.321 e. The molecule has 0 bridgehead atoms. The summed E-state index contributed by atoms with van der Waals surface area (Å²) in [6, 6.07) is 3.96. The number of aliphatic hydroxyl groups excluding tert-OH is 1. The van der Waals surface area contributed by atoms with Crippen LogP contribution in [0, 0.1) is 12.7 Å². The predicted octanol–water partition coefficient (Wildman–Crippen LogP) is 1.61. The second-order valence-corrected chi connectivity index (χ2v) is 4.38. The van der Waals surface area contributed by atoms with Crippen LogP contribution in [0.2, 0.25) is 0 Å². The number of benzene rings is 1. The van der Waals surface area contributed by atoms with E-state index in [0.717, 1.165) is 0 Å². The van der Waals surface area contributed by atoms with E-state index < -0.39 is 6.10 Å². The van der Waals surface area contributed by atoms with Crippen LogP contribution in [0.5, 0.6) is 0 Å². The molecule has 106 valence electrons. The number of nitrogens with one attached hydrogen (secondary N) is 1. The number of carbonyl (C=O) groups excluding carboxylic acids is 1. The fraction of sp³-hybridized carbons (Fsp3) is 0.462. The summed E-state index contributed by atoms with van der Waals surface area (Å²) in [4.78, 5) is 13.2. The van der Waals surface area contributed by atoms with Crippen molar-refractivity contribution in [2.24, 2.45) is 0 Å². The number of ether oxygens (including phenoxy) is 1. The second kappa shape index (κ2) is 7.06. The van der Waals surface area contributed by atoms with Crippen LogP contribution in [0.3, 0.4) is 0 Å². The molecule has 0 saturated carbocycles. The lowest BCUT2D eigenvalue weighted by Crippen LogP contribution is -2.38. The van der Waals surface area contributed by atoms with Gasteiger partial charge >= 0.3 is 6.03 Å². The van der Waals surface area contributed by atoms with E-state index in [-0.39, 0.29) is 25.0 Å². The third-order valence-electron chi connectivity index (χ3n) is 2.60. The number of aliphatic hydroxyl groups is 1. The molecule has 1 rings (SSSR count). The van der Waals surface area contributed by atoms with Gasteiger partial charge in [0, 0.05) is 19.8 Å². The van der Waals surface area contributed by atoms with Gasteiger partial charge in [0.1, 0.15) is 5.82 Å². The number of rotatable bonds is 5. The van der Waals surface area contributed by atoms with Gasteiger partial charge in [0.15, 0.2) is 0 Å². The van der Waals surface area contributed by atoms with E-state index in [9.17, 15) is 14.3 Å². The van der Waals surface area contributed by atoms with E-state index in [0.29, 0.717) is 11.3 Å². The Balaban J connectivity index is 2.56. The summed E-state index contributed by atoms with van der Waals surface area (Å²) in [6.07, 6.45) is -0.740. The second-order valence-electron chi connectivity index (χ2n) is 4.38. The fourth-order valence-corrected chi connectivity index (χ4v) is 1.59. The Bertz CT molecular complexity index is 440. The number of likely N-dealkylation sites (N-methyl/N-ethyl adjacent to an activating group) is 1. The number of hydrogen-bond donors (Lipinski definition) is 2. The number of carbonyl (C=O) groups is 1. The van der Waals surface area contributed by atoms with Gasteiger partial charge in [-0.1, -0.05) is 0 Å². The molecule has 1 aromatic rings. The van der Waals surface area contributed by atoms with Gasteiger partial charge in [-0.2, -0.15) is 0 Å². The summed E-state index contributed by atoms with van der Waals surface area (Å²) < 4.78 is 17.9. The normalized spacial score (nSPS) is 12.1. The Labute approximate surface area is 112 Å². The van der Waals surface area contributed by atoms with Crippen molar-refractivity contribution >= 4 is 11.7 Å². The van der Waals surface area contributed by atoms with Crippen LogP contribution in [-0.4, -0.2) is 49.5 Å². The van der Waals surface area contributed by atoms with Crippen LogP contribution >= 0.6 is 0 Å². The molecule has 0 saturated heterocycles. The van der Waals surface area contributed by atoms with Gasteiger partial charge in [0.25, 0.3) is 0 Å². The maximum atomic E-state index is 13.1. The molecule has 0 aromatic heterocycles. The number of anilines is 1. The van der Waals surface area contributed by atoms with Crippen molar-refractivity contribution in [3.63, 3.8) is 0 Å². The molecule has 1 aromatic carbocycles. The largest absolute Gasteiger partial charge is 0.389 e. The summed E-state index contributed by atoms with van der Waals surface area (Å²) in [5.74, 6) is -0.318. The molecule has 1 atom stereocenters. The summed E-state index contributed by atoms with van der Waals surface area (Å²) in [5, 5.41) is 12.1. The van der Waals surface area contributed by atoms with Gasteiger partial charge in [-0.05, 0) is 30.7 Å². The van der Waals surface area contributed by atoms with E-state index in [1.54, 1.807) is 20.0 Å². The van der Waals surface area contributed by atoms with Gasteiger partial charge in [-0.15, -0.1) is 0 Å². The van der Waals surface area contributed by atoms with Crippen LogP contribution in [-0.2, 0) is 4.74 Å². The molecule has 0 aliphatic carbocycles. The number of nitrogens with zero attached hydrogens (tertiary/aromatic N) is 1. The van der Waals surface area contributed by atoms with Gasteiger partial charge in [-0.3, -0.25) is 0 Å². The van der Waals surface area contributed by atoms with E-state index >= 15 is 0 Å². The van der Waals surface area contributed by atoms with Crippen LogP contribution in [0.15, 0.2) is 18.2 Å². The average Bonchev–Trinajstić information content (AvgIpc) is 2.34. The Kier molecular flexibility index (Phi) is 5.72. The van der Waals surface area contributed by atoms with Gasteiger partial charge in [0.2, 0.25) is 0 Å². The molecule has 2 amide bonds. The number of aryl methyl sites for hydroxylation is 1. The molecule has 19 heavy (non-hydrogen) atoms. The maximum absolute atomic E-state index is 13.1. The molecule has 2 N–H and O–H groups in total. The highest BCUT2D eigenvalue weighted by atomic mass is 19.1. The Hall–Kier alpha value is -1.66. The Morgan fingerprint density at radius 3 is 2.84 bits per heavy atom. The van der Waals surface area contributed by atoms with E-state index in [4.69, 9.17) is 4.74 Å².